The average Bonchev–Trinajstić information content (AvgIpc) is 2.57. The molecule has 0 aromatic carbocycles. The second-order valence-corrected chi connectivity index (χ2v) is 5.35. The summed E-state index contributed by atoms with van der Waals surface area (Å²) in [6.45, 7) is 2.11. The summed E-state index contributed by atoms with van der Waals surface area (Å²) in [5, 5.41) is 5.93. The lowest BCUT2D eigenvalue weighted by Crippen LogP contribution is -2.25. The van der Waals surface area contributed by atoms with E-state index >= 15 is 0 Å². The molecular weight excluding hydrogens is 292 g/mol. The Morgan fingerprint density at radius 3 is 2.78 bits per heavy atom. The summed E-state index contributed by atoms with van der Waals surface area (Å²) in [6.07, 6.45) is 4.26. The van der Waals surface area contributed by atoms with Crippen LogP contribution in [0.4, 0.5) is 5.95 Å². The van der Waals surface area contributed by atoms with E-state index in [1.807, 2.05) is 32.3 Å². The monoisotopic (exact) mass is 314 g/mol. The second kappa shape index (κ2) is 8.79. The van der Waals surface area contributed by atoms with E-state index in [0.29, 0.717) is 18.2 Å². The van der Waals surface area contributed by atoms with Crippen molar-refractivity contribution >= 4 is 11.9 Å². The molecule has 7 nitrogen and oxygen atoms in total. The Hall–Kier alpha value is -2.54. The second-order valence-electron chi connectivity index (χ2n) is 5.35. The molecule has 2 rings (SSSR count). The largest absolute Gasteiger partial charge is 0.354 e. The van der Waals surface area contributed by atoms with Crippen molar-refractivity contribution in [2.75, 3.05) is 32.5 Å². The molecule has 0 fully saturated rings. The molecule has 0 spiro atoms. The normalized spacial score (nSPS) is 10.6. The number of anilines is 1. The van der Waals surface area contributed by atoms with Crippen LogP contribution in [-0.4, -0.2) is 52.9 Å². The van der Waals surface area contributed by atoms with Crippen molar-refractivity contribution in [1.82, 2.24) is 25.2 Å². The highest BCUT2D eigenvalue weighted by molar-refractivity contribution is 5.92. The number of nitrogens with one attached hydrogen (secondary N) is 2. The topological polar surface area (TPSA) is 83.0 Å². The number of rotatable bonds is 8. The third kappa shape index (κ3) is 5.99. The molecule has 1 amide bonds. The van der Waals surface area contributed by atoms with E-state index in [1.165, 1.54) is 0 Å². The molecule has 0 unspecified atom stereocenters. The zero-order chi connectivity index (χ0) is 16.5. The van der Waals surface area contributed by atoms with Gasteiger partial charge in [0.25, 0.3) is 5.91 Å². The number of pyridine rings is 1. The van der Waals surface area contributed by atoms with Gasteiger partial charge in [-0.05, 0) is 45.3 Å². The van der Waals surface area contributed by atoms with Crippen molar-refractivity contribution in [3.8, 4) is 0 Å². The summed E-state index contributed by atoms with van der Waals surface area (Å²) in [5.41, 5.74) is 1.14. The number of hydrogen-bond acceptors (Lipinski definition) is 6. The van der Waals surface area contributed by atoms with Crippen molar-refractivity contribution in [3.63, 3.8) is 0 Å². The smallest absolute Gasteiger partial charge is 0.270 e. The van der Waals surface area contributed by atoms with Gasteiger partial charge in [-0.25, -0.2) is 9.97 Å². The maximum atomic E-state index is 12.1. The van der Waals surface area contributed by atoms with Crippen LogP contribution in [0.1, 0.15) is 22.6 Å². The van der Waals surface area contributed by atoms with Crippen LogP contribution in [0, 0.1) is 0 Å². The zero-order valence-corrected chi connectivity index (χ0v) is 13.5. The van der Waals surface area contributed by atoms with Gasteiger partial charge in [0.2, 0.25) is 5.95 Å². The number of amides is 1. The van der Waals surface area contributed by atoms with Gasteiger partial charge in [0.05, 0.1) is 12.2 Å². The van der Waals surface area contributed by atoms with Crippen LogP contribution >= 0.6 is 0 Å². The Morgan fingerprint density at radius 1 is 1.17 bits per heavy atom. The first-order valence-corrected chi connectivity index (χ1v) is 7.55. The van der Waals surface area contributed by atoms with Crippen molar-refractivity contribution in [3.05, 3.63) is 48.0 Å². The van der Waals surface area contributed by atoms with Gasteiger partial charge in [0, 0.05) is 18.9 Å². The van der Waals surface area contributed by atoms with Crippen LogP contribution in [0.15, 0.2) is 36.7 Å². The van der Waals surface area contributed by atoms with E-state index < -0.39 is 0 Å². The van der Waals surface area contributed by atoms with E-state index in [0.717, 1.165) is 25.2 Å². The molecule has 2 N–H and O–H groups in total. The summed E-state index contributed by atoms with van der Waals surface area (Å²) in [6, 6.07) is 7.18. The summed E-state index contributed by atoms with van der Waals surface area (Å²) < 4.78 is 0. The minimum Gasteiger partial charge on any atom is -0.354 e. The Balaban J connectivity index is 1.84. The van der Waals surface area contributed by atoms with Crippen molar-refractivity contribution in [2.24, 2.45) is 0 Å². The SMILES string of the molecule is CN(C)CCCNc1nccc(C(=O)NCc2ccccn2)n1. The first-order valence-electron chi connectivity index (χ1n) is 7.55. The highest BCUT2D eigenvalue weighted by atomic mass is 16.1. The molecule has 7 heteroatoms. The summed E-state index contributed by atoms with van der Waals surface area (Å²) >= 11 is 0. The van der Waals surface area contributed by atoms with Gasteiger partial charge in [-0.1, -0.05) is 6.07 Å². The third-order valence-electron chi connectivity index (χ3n) is 3.11. The van der Waals surface area contributed by atoms with E-state index in [1.54, 1.807) is 18.5 Å². The first kappa shape index (κ1) is 16.8. The van der Waals surface area contributed by atoms with Gasteiger partial charge in [0.1, 0.15) is 5.69 Å². The fourth-order valence-electron chi connectivity index (χ4n) is 1.93. The molecule has 0 saturated carbocycles. The molecular formula is C16H22N6O. The highest BCUT2D eigenvalue weighted by Gasteiger charge is 2.08. The summed E-state index contributed by atoms with van der Waals surface area (Å²) in [4.78, 5) is 26.8. The van der Waals surface area contributed by atoms with Gasteiger partial charge in [-0.3, -0.25) is 9.78 Å². The molecule has 0 radical (unpaired) electrons. The van der Waals surface area contributed by atoms with Gasteiger partial charge in [0.15, 0.2) is 0 Å². The minimum atomic E-state index is -0.241. The third-order valence-corrected chi connectivity index (χ3v) is 3.11. The zero-order valence-electron chi connectivity index (χ0n) is 13.5. The fourth-order valence-corrected chi connectivity index (χ4v) is 1.93. The number of aromatic nitrogens is 3. The van der Waals surface area contributed by atoms with Crippen molar-refractivity contribution in [2.45, 2.75) is 13.0 Å². The van der Waals surface area contributed by atoms with E-state index in [-0.39, 0.29) is 5.91 Å². The van der Waals surface area contributed by atoms with Crippen molar-refractivity contribution < 1.29 is 4.79 Å². The number of carbonyl (C=O) groups excluding carboxylic acids is 1. The van der Waals surface area contributed by atoms with Gasteiger partial charge in [-0.15, -0.1) is 0 Å². The lowest BCUT2D eigenvalue weighted by atomic mass is 10.3. The van der Waals surface area contributed by atoms with E-state index in [2.05, 4.69) is 30.5 Å². The first-order chi connectivity index (χ1) is 11.1. The Labute approximate surface area is 136 Å². The highest BCUT2D eigenvalue weighted by Crippen LogP contribution is 2.02. The number of nitrogens with zero attached hydrogens (tertiary/aromatic N) is 4. The maximum Gasteiger partial charge on any atom is 0.270 e. The van der Waals surface area contributed by atoms with Crippen molar-refractivity contribution in [1.29, 1.82) is 0 Å². The maximum absolute atomic E-state index is 12.1. The average molecular weight is 314 g/mol. The van der Waals surface area contributed by atoms with Gasteiger partial charge in [-0.2, -0.15) is 0 Å². The van der Waals surface area contributed by atoms with Gasteiger partial charge < -0.3 is 15.5 Å². The van der Waals surface area contributed by atoms with Crippen LogP contribution < -0.4 is 10.6 Å². The molecule has 2 heterocycles. The molecule has 0 aliphatic rings. The molecule has 0 bridgehead atoms. The molecule has 0 atom stereocenters. The van der Waals surface area contributed by atoms with E-state index in [4.69, 9.17) is 0 Å². The lowest BCUT2D eigenvalue weighted by molar-refractivity contribution is 0.0945. The number of hydrogen-bond donors (Lipinski definition) is 2. The fraction of sp³-hybridized carbons (Fsp3) is 0.375. The lowest BCUT2D eigenvalue weighted by Gasteiger charge is -2.10. The van der Waals surface area contributed by atoms with Crippen LogP contribution in [0.25, 0.3) is 0 Å². The molecule has 0 aliphatic carbocycles. The minimum absolute atomic E-state index is 0.241. The molecule has 122 valence electrons. The molecule has 0 saturated heterocycles. The standard InChI is InChI=1S/C16H22N6O/c1-22(2)11-5-9-18-16-19-10-7-14(21-16)15(23)20-12-13-6-3-4-8-17-13/h3-4,6-8,10H,5,9,11-12H2,1-2H3,(H,20,23)(H,18,19,21). The molecule has 0 aliphatic heterocycles. The molecule has 23 heavy (non-hydrogen) atoms. The Bertz CT molecular complexity index is 617. The van der Waals surface area contributed by atoms with Crippen LogP contribution in [0.3, 0.4) is 0 Å². The van der Waals surface area contributed by atoms with Crippen LogP contribution in [0.5, 0.6) is 0 Å². The molecule has 2 aromatic heterocycles. The quantitative estimate of drug-likeness (QED) is 0.712. The Morgan fingerprint density at radius 2 is 2.04 bits per heavy atom. The predicted molar refractivity (Wildman–Crippen MR) is 89.1 cm³/mol. The van der Waals surface area contributed by atoms with Crippen LogP contribution in [-0.2, 0) is 6.54 Å². The molecule has 2 aromatic rings. The predicted octanol–water partition coefficient (Wildman–Crippen LogP) is 1.17. The van der Waals surface area contributed by atoms with E-state index in [9.17, 15) is 4.79 Å². The Kier molecular flexibility index (Phi) is 6.43. The van der Waals surface area contributed by atoms with Gasteiger partial charge >= 0.3 is 0 Å². The summed E-state index contributed by atoms with van der Waals surface area (Å²) in [5.74, 6) is 0.226. The van der Waals surface area contributed by atoms with Crippen LogP contribution in [0.2, 0.25) is 0 Å². The number of carbonyl (C=O) groups is 1. The summed E-state index contributed by atoms with van der Waals surface area (Å²) in [7, 11) is 4.06.